The molecule has 1 fully saturated rings. The molecule has 4 nitrogen and oxygen atoms in total. The maximum atomic E-state index is 10.9. The number of ether oxygens (including phenoxy) is 1. The van der Waals surface area contributed by atoms with Crippen molar-refractivity contribution in [1.82, 2.24) is 4.90 Å². The summed E-state index contributed by atoms with van der Waals surface area (Å²) in [5.41, 5.74) is 7.67. The van der Waals surface area contributed by atoms with Crippen molar-refractivity contribution >= 4 is 17.7 Å². The van der Waals surface area contributed by atoms with Crippen LogP contribution in [0, 0.1) is 0 Å². The minimum Gasteiger partial charge on any atom is -0.484 e. The molecule has 0 unspecified atom stereocenters. The minimum atomic E-state index is -0.460. The molecule has 1 saturated carbocycles. The number of thioether (sulfide) groups is 1. The zero-order valence-electron chi connectivity index (χ0n) is 14.5. The van der Waals surface area contributed by atoms with Crippen molar-refractivity contribution in [2.75, 3.05) is 12.9 Å². The number of nitrogens with two attached hydrogens (primary N) is 1. The highest BCUT2D eigenvalue weighted by molar-refractivity contribution is 7.98. The van der Waals surface area contributed by atoms with Gasteiger partial charge in [0.2, 0.25) is 0 Å². The molecule has 132 valence electrons. The van der Waals surface area contributed by atoms with E-state index in [0.717, 1.165) is 13.1 Å². The van der Waals surface area contributed by atoms with Gasteiger partial charge in [0.1, 0.15) is 5.75 Å². The van der Waals surface area contributed by atoms with Gasteiger partial charge >= 0.3 is 0 Å². The topological polar surface area (TPSA) is 55.6 Å². The molecule has 0 atom stereocenters. The molecule has 0 spiro atoms. The average molecular weight is 356 g/mol. The van der Waals surface area contributed by atoms with Crippen LogP contribution >= 0.6 is 11.8 Å². The summed E-state index contributed by atoms with van der Waals surface area (Å²) in [4.78, 5) is 14.7. The highest BCUT2D eigenvalue weighted by atomic mass is 32.2. The van der Waals surface area contributed by atoms with Gasteiger partial charge in [0.05, 0.1) is 0 Å². The summed E-state index contributed by atoms with van der Waals surface area (Å²) in [6.07, 6.45) is 4.63. The molecule has 0 radical (unpaired) electrons. The molecular weight excluding hydrogens is 332 g/mol. The van der Waals surface area contributed by atoms with E-state index >= 15 is 0 Å². The summed E-state index contributed by atoms with van der Waals surface area (Å²) in [5.74, 6) is 0.232. The van der Waals surface area contributed by atoms with Crippen LogP contribution in [0.3, 0.4) is 0 Å². The quantitative estimate of drug-likeness (QED) is 0.699. The summed E-state index contributed by atoms with van der Waals surface area (Å²) in [7, 11) is 0. The van der Waals surface area contributed by atoms with Gasteiger partial charge in [-0.1, -0.05) is 24.3 Å². The summed E-state index contributed by atoms with van der Waals surface area (Å²) < 4.78 is 5.41. The average Bonchev–Trinajstić information content (AvgIpc) is 3.45. The van der Waals surface area contributed by atoms with Gasteiger partial charge < -0.3 is 10.5 Å². The minimum absolute atomic E-state index is 0.0857. The predicted molar refractivity (Wildman–Crippen MR) is 102 cm³/mol. The molecule has 1 aliphatic carbocycles. The molecule has 25 heavy (non-hydrogen) atoms. The Balaban J connectivity index is 1.65. The zero-order valence-corrected chi connectivity index (χ0v) is 15.3. The second-order valence-corrected chi connectivity index (χ2v) is 7.27. The van der Waals surface area contributed by atoms with E-state index in [4.69, 9.17) is 10.5 Å². The Hall–Kier alpha value is -1.98. The van der Waals surface area contributed by atoms with E-state index in [1.54, 1.807) is 11.8 Å². The molecule has 5 heteroatoms. The van der Waals surface area contributed by atoms with Gasteiger partial charge in [-0.05, 0) is 54.5 Å². The van der Waals surface area contributed by atoms with Gasteiger partial charge in [0, 0.05) is 24.0 Å². The van der Waals surface area contributed by atoms with E-state index in [1.165, 1.54) is 28.9 Å². The lowest BCUT2D eigenvalue weighted by atomic mass is 10.1. The first-order valence-corrected chi connectivity index (χ1v) is 9.73. The number of primary amides is 1. The van der Waals surface area contributed by atoms with Crippen LogP contribution in [-0.2, 0) is 17.9 Å². The van der Waals surface area contributed by atoms with Gasteiger partial charge in [-0.15, -0.1) is 11.8 Å². The molecule has 0 aliphatic heterocycles. The Morgan fingerprint density at radius 2 is 1.88 bits per heavy atom. The molecule has 3 rings (SSSR count). The first-order chi connectivity index (χ1) is 12.1. The van der Waals surface area contributed by atoms with Crippen molar-refractivity contribution in [2.24, 2.45) is 5.73 Å². The molecule has 1 aliphatic rings. The SMILES string of the molecule is CSc1ccc(CN(Cc2cccc(OCC(N)=O)c2)C2CC2)cc1. The molecule has 2 aromatic rings. The first-order valence-electron chi connectivity index (χ1n) is 8.51. The summed E-state index contributed by atoms with van der Waals surface area (Å²) in [6, 6.07) is 17.4. The predicted octanol–water partition coefficient (Wildman–Crippen LogP) is 3.44. The van der Waals surface area contributed by atoms with Crippen molar-refractivity contribution in [3.63, 3.8) is 0 Å². The highest BCUT2D eigenvalue weighted by Gasteiger charge is 2.29. The summed E-state index contributed by atoms with van der Waals surface area (Å²) >= 11 is 1.77. The van der Waals surface area contributed by atoms with Gasteiger partial charge in [0.15, 0.2) is 6.61 Å². The third kappa shape index (κ3) is 5.51. The van der Waals surface area contributed by atoms with Crippen LogP contribution in [0.15, 0.2) is 53.4 Å². The molecule has 0 aromatic heterocycles. The van der Waals surface area contributed by atoms with Gasteiger partial charge in [-0.2, -0.15) is 0 Å². The molecule has 0 bridgehead atoms. The maximum Gasteiger partial charge on any atom is 0.255 e. The van der Waals surface area contributed by atoms with Crippen molar-refractivity contribution in [2.45, 2.75) is 36.9 Å². The van der Waals surface area contributed by atoms with E-state index in [2.05, 4.69) is 41.5 Å². The normalized spacial score (nSPS) is 13.8. The zero-order chi connectivity index (χ0) is 17.6. The fourth-order valence-electron chi connectivity index (χ4n) is 2.84. The first kappa shape index (κ1) is 17.8. The number of nitrogens with zero attached hydrogens (tertiary/aromatic N) is 1. The van der Waals surface area contributed by atoms with Crippen molar-refractivity contribution in [3.05, 3.63) is 59.7 Å². The number of hydrogen-bond acceptors (Lipinski definition) is 4. The van der Waals surface area contributed by atoms with E-state index in [-0.39, 0.29) is 6.61 Å². The van der Waals surface area contributed by atoms with Crippen LogP contribution in [0.4, 0.5) is 0 Å². The van der Waals surface area contributed by atoms with Crippen LogP contribution in [0.1, 0.15) is 24.0 Å². The van der Waals surface area contributed by atoms with Crippen LogP contribution < -0.4 is 10.5 Å². The van der Waals surface area contributed by atoms with Crippen molar-refractivity contribution < 1.29 is 9.53 Å². The van der Waals surface area contributed by atoms with Crippen LogP contribution in [0.5, 0.6) is 5.75 Å². The second kappa shape index (κ2) is 8.41. The van der Waals surface area contributed by atoms with E-state index in [9.17, 15) is 4.79 Å². The third-order valence-corrected chi connectivity index (χ3v) is 5.02. The number of carbonyl (C=O) groups is 1. The fourth-order valence-corrected chi connectivity index (χ4v) is 3.25. The van der Waals surface area contributed by atoms with Crippen molar-refractivity contribution in [3.8, 4) is 5.75 Å². The Labute approximate surface area is 153 Å². The maximum absolute atomic E-state index is 10.9. The summed E-state index contributed by atoms with van der Waals surface area (Å²) in [5, 5.41) is 0. The third-order valence-electron chi connectivity index (χ3n) is 4.27. The smallest absolute Gasteiger partial charge is 0.255 e. The van der Waals surface area contributed by atoms with Gasteiger partial charge in [-0.25, -0.2) is 0 Å². The number of hydrogen-bond donors (Lipinski definition) is 1. The van der Waals surface area contributed by atoms with Crippen LogP contribution in [0.25, 0.3) is 0 Å². The monoisotopic (exact) mass is 356 g/mol. The van der Waals surface area contributed by atoms with Gasteiger partial charge in [0.25, 0.3) is 5.91 Å². The molecule has 2 aromatic carbocycles. The highest BCUT2D eigenvalue weighted by Crippen LogP contribution is 2.30. The molecule has 0 heterocycles. The Kier molecular flexibility index (Phi) is 6.00. The fraction of sp³-hybridized carbons (Fsp3) is 0.350. The largest absolute Gasteiger partial charge is 0.484 e. The molecule has 2 N–H and O–H groups in total. The lowest BCUT2D eigenvalue weighted by molar-refractivity contribution is -0.119. The Morgan fingerprint density at radius 3 is 2.52 bits per heavy atom. The van der Waals surface area contributed by atoms with E-state index in [1.807, 2.05) is 18.2 Å². The van der Waals surface area contributed by atoms with Crippen LogP contribution in [-0.4, -0.2) is 29.7 Å². The standard InChI is InChI=1S/C20H24N2O2S/c1-25-19-9-5-15(6-10-19)12-22(17-7-8-17)13-16-3-2-4-18(11-16)24-14-20(21)23/h2-6,9-11,17H,7-8,12-14H2,1H3,(H2,21,23). The Morgan fingerprint density at radius 1 is 1.16 bits per heavy atom. The van der Waals surface area contributed by atoms with Crippen LogP contribution in [0.2, 0.25) is 0 Å². The second-order valence-electron chi connectivity index (χ2n) is 6.39. The lowest BCUT2D eigenvalue weighted by Gasteiger charge is -2.22. The number of benzene rings is 2. The van der Waals surface area contributed by atoms with Gasteiger partial charge in [-0.3, -0.25) is 9.69 Å². The van der Waals surface area contributed by atoms with E-state index in [0.29, 0.717) is 11.8 Å². The number of amides is 1. The summed E-state index contributed by atoms with van der Waals surface area (Å²) in [6.45, 7) is 1.74. The lowest BCUT2D eigenvalue weighted by Crippen LogP contribution is -2.25. The number of carbonyl (C=O) groups excluding carboxylic acids is 1. The molecule has 0 saturated heterocycles. The Bertz CT molecular complexity index is 714. The molecule has 1 amide bonds. The molecular formula is C20H24N2O2S. The number of rotatable bonds is 9. The van der Waals surface area contributed by atoms with Crippen molar-refractivity contribution in [1.29, 1.82) is 0 Å². The van der Waals surface area contributed by atoms with E-state index < -0.39 is 5.91 Å².